The van der Waals surface area contributed by atoms with Crippen LogP contribution >= 0.6 is 35.4 Å². The van der Waals surface area contributed by atoms with E-state index in [2.05, 4.69) is 4.98 Å². The summed E-state index contributed by atoms with van der Waals surface area (Å²) in [5.41, 5.74) is 1.56. The van der Waals surface area contributed by atoms with Gasteiger partial charge in [-0.3, -0.25) is 4.57 Å². The van der Waals surface area contributed by atoms with Gasteiger partial charge >= 0.3 is 0 Å². The average molecular weight is 345 g/mol. The summed E-state index contributed by atoms with van der Waals surface area (Å²) in [4.78, 5) is 2.82. The zero-order chi connectivity index (χ0) is 15.3. The summed E-state index contributed by atoms with van der Waals surface area (Å²) in [6, 6.07) is 5.68. The molecule has 3 rings (SSSR count). The average Bonchev–Trinajstić information content (AvgIpc) is 2.75. The molecule has 0 atom stereocenters. The first kappa shape index (κ1) is 14.5. The van der Waals surface area contributed by atoms with E-state index in [0.717, 1.165) is 11.6 Å². The van der Waals surface area contributed by atoms with Crippen LogP contribution in [0.25, 0.3) is 16.7 Å². The Morgan fingerprint density at radius 3 is 2.57 bits per heavy atom. The highest BCUT2D eigenvalue weighted by atomic mass is 35.5. The number of aryl methyl sites for hydroxylation is 1. The molecule has 2 nitrogen and oxygen atoms in total. The van der Waals surface area contributed by atoms with Crippen LogP contribution in [0.4, 0.5) is 8.78 Å². The number of aromatic amines is 1. The van der Waals surface area contributed by atoms with E-state index in [1.54, 1.807) is 19.1 Å². The molecule has 0 amide bonds. The predicted octanol–water partition coefficient (Wildman–Crippen LogP) is 5.58. The van der Waals surface area contributed by atoms with Gasteiger partial charge in [-0.1, -0.05) is 23.2 Å². The summed E-state index contributed by atoms with van der Waals surface area (Å²) in [5, 5.41) is 0.806. The molecule has 0 unspecified atom stereocenters. The number of benzene rings is 2. The van der Waals surface area contributed by atoms with Crippen LogP contribution in [0.5, 0.6) is 0 Å². The highest BCUT2D eigenvalue weighted by Gasteiger charge is 2.17. The van der Waals surface area contributed by atoms with Gasteiger partial charge < -0.3 is 4.98 Å². The third-order valence-electron chi connectivity index (χ3n) is 3.21. The minimum Gasteiger partial charge on any atom is -0.330 e. The van der Waals surface area contributed by atoms with E-state index in [1.807, 2.05) is 0 Å². The van der Waals surface area contributed by atoms with Crippen molar-refractivity contribution in [3.8, 4) is 5.69 Å². The van der Waals surface area contributed by atoms with E-state index >= 15 is 0 Å². The molecule has 1 aromatic heterocycles. The number of H-pyrrole nitrogens is 1. The number of halogens is 4. The molecule has 0 radical (unpaired) electrons. The van der Waals surface area contributed by atoms with E-state index in [1.165, 1.54) is 10.6 Å². The smallest absolute Gasteiger partial charge is 0.184 e. The molecule has 0 aliphatic heterocycles. The lowest BCUT2D eigenvalue weighted by Gasteiger charge is -2.10. The predicted molar refractivity (Wildman–Crippen MR) is 83.1 cm³/mol. The molecular formula is C14H8Cl2F2N2S. The fraction of sp³-hybridized carbons (Fsp3) is 0.0714. The van der Waals surface area contributed by atoms with Crippen molar-refractivity contribution in [2.75, 3.05) is 0 Å². The monoisotopic (exact) mass is 344 g/mol. The molecule has 1 heterocycles. The van der Waals surface area contributed by atoms with Crippen LogP contribution in [0.15, 0.2) is 24.3 Å². The van der Waals surface area contributed by atoms with Crippen LogP contribution < -0.4 is 0 Å². The van der Waals surface area contributed by atoms with Crippen molar-refractivity contribution in [3.63, 3.8) is 0 Å². The van der Waals surface area contributed by atoms with Crippen LogP contribution in [-0.2, 0) is 0 Å². The topological polar surface area (TPSA) is 20.7 Å². The van der Waals surface area contributed by atoms with Gasteiger partial charge in [0.1, 0.15) is 5.52 Å². The number of nitrogens with one attached hydrogen (secondary N) is 1. The molecule has 0 saturated carbocycles. The Labute approximate surface area is 133 Å². The van der Waals surface area contributed by atoms with Crippen molar-refractivity contribution in [3.05, 3.63) is 56.3 Å². The minimum atomic E-state index is -0.993. The lowest BCUT2D eigenvalue weighted by Crippen LogP contribution is -1.99. The zero-order valence-corrected chi connectivity index (χ0v) is 13.0. The number of aromatic nitrogens is 2. The van der Waals surface area contributed by atoms with Gasteiger partial charge in [-0.2, -0.15) is 0 Å². The Kier molecular flexibility index (Phi) is 3.51. The Balaban J connectivity index is 2.46. The van der Waals surface area contributed by atoms with Crippen LogP contribution in [0, 0.1) is 23.3 Å². The summed E-state index contributed by atoms with van der Waals surface area (Å²) in [6.45, 7) is 1.80. The van der Waals surface area contributed by atoms with Crippen molar-refractivity contribution in [1.29, 1.82) is 0 Å². The summed E-state index contributed by atoms with van der Waals surface area (Å²) >= 11 is 17.5. The van der Waals surface area contributed by atoms with Crippen LogP contribution in [0.1, 0.15) is 5.56 Å². The highest BCUT2D eigenvalue weighted by Crippen LogP contribution is 2.31. The minimum absolute atomic E-state index is 0.00168. The van der Waals surface area contributed by atoms with Gasteiger partial charge in [0.2, 0.25) is 0 Å². The Bertz CT molecular complexity index is 931. The molecule has 0 fully saturated rings. The molecular weight excluding hydrogens is 337 g/mol. The summed E-state index contributed by atoms with van der Waals surface area (Å²) in [5.74, 6) is -1.95. The molecule has 0 spiro atoms. The largest absolute Gasteiger partial charge is 0.330 e. The Morgan fingerprint density at radius 2 is 1.86 bits per heavy atom. The van der Waals surface area contributed by atoms with E-state index in [0.29, 0.717) is 21.2 Å². The van der Waals surface area contributed by atoms with Gasteiger partial charge in [-0.05, 0) is 49.0 Å². The van der Waals surface area contributed by atoms with Crippen molar-refractivity contribution in [1.82, 2.24) is 9.55 Å². The number of fused-ring (bicyclic) bond motifs is 1. The molecule has 7 heteroatoms. The highest BCUT2D eigenvalue weighted by molar-refractivity contribution is 7.71. The first-order chi connectivity index (χ1) is 9.90. The standard InChI is InChI=1S/C14H8Cl2F2N2S/c1-6-4-8(16)11(5-7(6)15)20-13-10(19-14(20)21)3-2-9(17)12(13)18/h2-5H,1H3,(H,19,21). The van der Waals surface area contributed by atoms with Crippen molar-refractivity contribution in [2.45, 2.75) is 6.92 Å². The van der Waals surface area contributed by atoms with Gasteiger partial charge in [0, 0.05) is 5.02 Å². The number of hydrogen-bond acceptors (Lipinski definition) is 1. The quantitative estimate of drug-likeness (QED) is 0.571. The van der Waals surface area contributed by atoms with Gasteiger partial charge in [-0.25, -0.2) is 8.78 Å². The third-order valence-corrected chi connectivity index (χ3v) is 4.20. The zero-order valence-electron chi connectivity index (χ0n) is 10.7. The lowest BCUT2D eigenvalue weighted by atomic mass is 10.2. The van der Waals surface area contributed by atoms with E-state index < -0.39 is 11.6 Å². The fourth-order valence-electron chi connectivity index (χ4n) is 2.17. The van der Waals surface area contributed by atoms with Crippen molar-refractivity contribution >= 4 is 46.5 Å². The Morgan fingerprint density at radius 1 is 1.14 bits per heavy atom. The maximum Gasteiger partial charge on any atom is 0.184 e. The van der Waals surface area contributed by atoms with E-state index in [-0.39, 0.29) is 10.3 Å². The molecule has 3 aromatic rings. The first-order valence-electron chi connectivity index (χ1n) is 5.95. The summed E-state index contributed by atoms with van der Waals surface area (Å²) < 4.78 is 29.2. The second kappa shape index (κ2) is 5.09. The Hall–Kier alpha value is -1.43. The number of nitrogens with zero attached hydrogens (tertiary/aromatic N) is 1. The van der Waals surface area contributed by atoms with Crippen molar-refractivity contribution < 1.29 is 8.78 Å². The second-order valence-corrected chi connectivity index (χ2v) is 5.78. The van der Waals surface area contributed by atoms with Crippen LogP contribution in [0.3, 0.4) is 0 Å². The maximum atomic E-state index is 14.1. The number of hydrogen-bond donors (Lipinski definition) is 1. The van der Waals surface area contributed by atoms with Gasteiger partial charge in [0.05, 0.1) is 16.2 Å². The fourth-order valence-corrected chi connectivity index (χ4v) is 2.93. The molecule has 0 aliphatic carbocycles. The molecule has 0 bridgehead atoms. The maximum absolute atomic E-state index is 14.1. The van der Waals surface area contributed by atoms with E-state index in [4.69, 9.17) is 35.4 Å². The normalized spacial score (nSPS) is 11.3. The van der Waals surface area contributed by atoms with Crippen molar-refractivity contribution in [2.24, 2.45) is 0 Å². The van der Waals surface area contributed by atoms with Crippen LogP contribution in [0.2, 0.25) is 10.0 Å². The summed E-state index contributed by atoms with van der Waals surface area (Å²) in [7, 11) is 0. The molecule has 0 saturated heterocycles. The number of imidazole rings is 1. The second-order valence-electron chi connectivity index (χ2n) is 4.58. The molecule has 0 aliphatic rings. The van der Waals surface area contributed by atoms with Gasteiger partial charge in [0.15, 0.2) is 16.4 Å². The number of rotatable bonds is 1. The third kappa shape index (κ3) is 2.25. The summed E-state index contributed by atoms with van der Waals surface area (Å²) in [6.07, 6.45) is 0. The lowest BCUT2D eigenvalue weighted by molar-refractivity contribution is 0.514. The molecule has 1 N–H and O–H groups in total. The first-order valence-corrected chi connectivity index (χ1v) is 7.11. The molecule has 2 aromatic carbocycles. The van der Waals surface area contributed by atoms with Gasteiger partial charge in [0.25, 0.3) is 0 Å². The molecule has 21 heavy (non-hydrogen) atoms. The van der Waals surface area contributed by atoms with Crippen LogP contribution in [-0.4, -0.2) is 9.55 Å². The molecule has 108 valence electrons. The SMILES string of the molecule is Cc1cc(Cl)c(-n2c(=S)[nH]c3ccc(F)c(F)c32)cc1Cl. The van der Waals surface area contributed by atoms with E-state index in [9.17, 15) is 8.78 Å². The van der Waals surface area contributed by atoms with Gasteiger partial charge in [-0.15, -0.1) is 0 Å².